The van der Waals surface area contributed by atoms with Gasteiger partial charge in [-0.2, -0.15) is 0 Å². The molecule has 1 aromatic carbocycles. The van der Waals surface area contributed by atoms with Gasteiger partial charge in [0.1, 0.15) is 10.1 Å². The van der Waals surface area contributed by atoms with Gasteiger partial charge in [0.05, 0.1) is 4.90 Å². The van der Waals surface area contributed by atoms with E-state index < -0.39 is 10.1 Å². The average Bonchev–Trinajstić information content (AvgIpc) is 2.47. The van der Waals surface area contributed by atoms with Crippen molar-refractivity contribution in [2.24, 2.45) is 11.8 Å². The van der Waals surface area contributed by atoms with Crippen LogP contribution in [0.15, 0.2) is 23.1 Å². The zero-order valence-electron chi connectivity index (χ0n) is 16.7. The van der Waals surface area contributed by atoms with E-state index in [0.717, 1.165) is 49.7 Å². The standard InChI is InChI=1S/C20H34O3S.K/c1-16(2)10-5-7-12-18-13-9-15-20(24(21,22)23)19(18)14-8-6-11-17(3)4;/h9,13,15-17H,5-8,10-12,14H2,1-4H3,(H,21,22,23);/q;+1/p-1. The van der Waals surface area contributed by atoms with Gasteiger partial charge in [0.15, 0.2) is 0 Å². The summed E-state index contributed by atoms with van der Waals surface area (Å²) in [6, 6.07) is 5.17. The molecule has 0 N–H and O–H groups in total. The maximum atomic E-state index is 11.6. The Morgan fingerprint density at radius 1 is 0.880 bits per heavy atom. The molecule has 0 unspecified atom stereocenters. The number of hydrogen-bond donors (Lipinski definition) is 0. The minimum Gasteiger partial charge on any atom is -0.744 e. The Morgan fingerprint density at radius 3 is 1.88 bits per heavy atom. The first-order valence-corrected chi connectivity index (χ1v) is 10.7. The largest absolute Gasteiger partial charge is 1.00 e. The fourth-order valence-corrected chi connectivity index (χ4v) is 3.87. The van der Waals surface area contributed by atoms with Crippen LogP contribution in [0, 0.1) is 11.8 Å². The second-order valence-corrected chi connectivity index (χ2v) is 8.98. The second-order valence-electron chi connectivity index (χ2n) is 7.63. The number of unbranched alkanes of at least 4 members (excludes halogenated alkanes) is 2. The first kappa shape index (κ1) is 25.8. The number of hydrogen-bond acceptors (Lipinski definition) is 3. The molecule has 0 aliphatic heterocycles. The van der Waals surface area contributed by atoms with E-state index in [1.165, 1.54) is 12.5 Å². The summed E-state index contributed by atoms with van der Waals surface area (Å²) >= 11 is 0. The Kier molecular flexibility index (Phi) is 13.4. The molecule has 0 heterocycles. The van der Waals surface area contributed by atoms with Gasteiger partial charge in [0.2, 0.25) is 0 Å². The van der Waals surface area contributed by atoms with Crippen molar-refractivity contribution in [2.75, 3.05) is 0 Å². The smallest absolute Gasteiger partial charge is 0.744 e. The van der Waals surface area contributed by atoms with E-state index in [1.807, 2.05) is 6.07 Å². The Morgan fingerprint density at radius 2 is 1.40 bits per heavy atom. The number of aryl methyl sites for hydroxylation is 1. The van der Waals surface area contributed by atoms with Gasteiger partial charge in [-0.05, 0) is 54.7 Å². The molecule has 0 atom stereocenters. The predicted molar refractivity (Wildman–Crippen MR) is 99.2 cm³/mol. The van der Waals surface area contributed by atoms with Crippen molar-refractivity contribution in [3.05, 3.63) is 29.3 Å². The molecule has 25 heavy (non-hydrogen) atoms. The SMILES string of the molecule is CC(C)CCCCc1cccc(S(=O)(=O)[O-])c1CCCCC(C)C.[K+]. The van der Waals surface area contributed by atoms with Crippen molar-refractivity contribution >= 4 is 10.1 Å². The fraction of sp³-hybridized carbons (Fsp3) is 0.700. The first-order chi connectivity index (χ1) is 11.2. The minimum absolute atomic E-state index is 0. The molecule has 1 aromatic rings. The monoisotopic (exact) mass is 392 g/mol. The zero-order chi connectivity index (χ0) is 18.2. The topological polar surface area (TPSA) is 57.2 Å². The molecule has 0 aromatic heterocycles. The van der Waals surface area contributed by atoms with Crippen molar-refractivity contribution in [3.63, 3.8) is 0 Å². The molecule has 0 amide bonds. The molecular formula is C20H33KO3S. The summed E-state index contributed by atoms with van der Waals surface area (Å²) in [4.78, 5) is -0.00611. The second kappa shape index (κ2) is 13.0. The molecule has 0 aliphatic carbocycles. The van der Waals surface area contributed by atoms with Crippen molar-refractivity contribution in [3.8, 4) is 0 Å². The maximum Gasteiger partial charge on any atom is 1.00 e. The average molecular weight is 393 g/mol. The normalized spacial score (nSPS) is 11.8. The van der Waals surface area contributed by atoms with Crippen molar-refractivity contribution in [2.45, 2.75) is 84.0 Å². The van der Waals surface area contributed by atoms with Gasteiger partial charge in [-0.1, -0.05) is 65.5 Å². The van der Waals surface area contributed by atoms with E-state index in [4.69, 9.17) is 0 Å². The van der Waals surface area contributed by atoms with Crippen LogP contribution >= 0.6 is 0 Å². The van der Waals surface area contributed by atoms with Crippen LogP contribution in [0.2, 0.25) is 0 Å². The summed E-state index contributed by atoms with van der Waals surface area (Å²) in [5.41, 5.74) is 1.81. The van der Waals surface area contributed by atoms with Gasteiger partial charge in [-0.25, -0.2) is 8.42 Å². The van der Waals surface area contributed by atoms with Gasteiger partial charge >= 0.3 is 51.4 Å². The Labute approximate surface area is 197 Å². The molecule has 3 nitrogen and oxygen atoms in total. The maximum absolute atomic E-state index is 11.6. The van der Waals surface area contributed by atoms with Gasteiger partial charge in [0.25, 0.3) is 0 Å². The molecular weight excluding hydrogens is 359 g/mol. The Balaban J connectivity index is 0.00000576. The van der Waals surface area contributed by atoms with Crippen LogP contribution in [0.1, 0.15) is 77.3 Å². The predicted octanol–water partition coefficient (Wildman–Crippen LogP) is 2.33. The molecule has 0 saturated heterocycles. The van der Waals surface area contributed by atoms with Crippen LogP contribution in [0.5, 0.6) is 0 Å². The summed E-state index contributed by atoms with van der Waals surface area (Å²) in [5.74, 6) is 1.34. The quantitative estimate of drug-likeness (QED) is 0.330. The van der Waals surface area contributed by atoms with E-state index in [0.29, 0.717) is 18.3 Å². The van der Waals surface area contributed by atoms with Crippen molar-refractivity contribution in [1.29, 1.82) is 0 Å². The molecule has 0 radical (unpaired) electrons. The van der Waals surface area contributed by atoms with Crippen LogP contribution in [-0.2, 0) is 23.0 Å². The molecule has 0 bridgehead atoms. The van der Waals surface area contributed by atoms with Gasteiger partial charge in [-0.3, -0.25) is 0 Å². The molecule has 0 fully saturated rings. The van der Waals surface area contributed by atoms with E-state index in [-0.39, 0.29) is 56.3 Å². The van der Waals surface area contributed by atoms with Crippen LogP contribution in [0.4, 0.5) is 0 Å². The van der Waals surface area contributed by atoms with Crippen LogP contribution < -0.4 is 51.4 Å². The molecule has 0 saturated carbocycles. The summed E-state index contributed by atoms with van der Waals surface area (Å²) in [6.45, 7) is 8.81. The first-order valence-electron chi connectivity index (χ1n) is 9.28. The third kappa shape index (κ3) is 10.6. The zero-order valence-corrected chi connectivity index (χ0v) is 20.6. The minimum atomic E-state index is -4.40. The van der Waals surface area contributed by atoms with Crippen LogP contribution in [-0.4, -0.2) is 13.0 Å². The molecule has 1 rings (SSSR count). The van der Waals surface area contributed by atoms with Crippen LogP contribution in [0.3, 0.4) is 0 Å². The van der Waals surface area contributed by atoms with E-state index in [2.05, 4.69) is 27.7 Å². The van der Waals surface area contributed by atoms with E-state index >= 15 is 0 Å². The summed E-state index contributed by atoms with van der Waals surface area (Å²) in [5, 5.41) is 0. The van der Waals surface area contributed by atoms with E-state index in [1.54, 1.807) is 6.07 Å². The number of rotatable bonds is 11. The summed E-state index contributed by atoms with van der Waals surface area (Å²) < 4.78 is 34.8. The summed E-state index contributed by atoms with van der Waals surface area (Å²) in [6.07, 6.45) is 8.04. The Hall–Kier alpha value is 0.766. The van der Waals surface area contributed by atoms with Gasteiger partial charge in [-0.15, -0.1) is 0 Å². The Bertz CT molecular complexity index is 595. The third-order valence-electron chi connectivity index (χ3n) is 4.44. The molecule has 5 heteroatoms. The van der Waals surface area contributed by atoms with Crippen molar-refractivity contribution < 1.29 is 64.4 Å². The third-order valence-corrected chi connectivity index (χ3v) is 5.36. The van der Waals surface area contributed by atoms with Gasteiger partial charge < -0.3 is 4.55 Å². The number of benzene rings is 1. The fourth-order valence-electron chi connectivity index (χ4n) is 3.09. The molecule has 0 spiro atoms. The molecule has 0 aliphatic rings. The van der Waals surface area contributed by atoms with Gasteiger partial charge in [0, 0.05) is 0 Å². The van der Waals surface area contributed by atoms with Crippen LogP contribution in [0.25, 0.3) is 0 Å². The van der Waals surface area contributed by atoms with E-state index in [9.17, 15) is 13.0 Å². The summed E-state index contributed by atoms with van der Waals surface area (Å²) in [7, 11) is -4.40. The molecule has 138 valence electrons. The van der Waals surface area contributed by atoms with Crippen molar-refractivity contribution in [1.82, 2.24) is 0 Å².